The quantitative estimate of drug-likeness (QED) is 0.674. The number of nitrogens with zero attached hydrogens (tertiary/aromatic N) is 2. The molecule has 0 unspecified atom stereocenters. The van der Waals surface area contributed by atoms with Crippen LogP contribution in [0.15, 0.2) is 24.3 Å². The summed E-state index contributed by atoms with van der Waals surface area (Å²) in [6.07, 6.45) is 0. The van der Waals surface area contributed by atoms with Crippen molar-refractivity contribution in [1.29, 1.82) is 0 Å². The van der Waals surface area contributed by atoms with Crippen LogP contribution in [-0.2, 0) is 17.6 Å². The Labute approximate surface area is 173 Å². The number of halogens is 1. The Morgan fingerprint density at radius 3 is 2.52 bits per heavy atom. The molecule has 0 bridgehead atoms. The van der Waals surface area contributed by atoms with Crippen LogP contribution in [0.2, 0.25) is 18.1 Å². The number of rotatable bonds is 7. The predicted octanol–water partition coefficient (Wildman–Crippen LogP) is 4.38. The number of methoxy groups -OCH3 is 1. The SMILES string of the molecule is COc1cc(CNC(=O)c2cc(CO[Si](C)(C)C(C)(C)C)nc(C)n2)ccc1F. The predicted molar refractivity (Wildman–Crippen MR) is 113 cm³/mol. The second kappa shape index (κ2) is 9.00. The molecule has 2 rings (SSSR count). The van der Waals surface area contributed by atoms with Crippen LogP contribution in [0.25, 0.3) is 0 Å². The number of benzene rings is 1. The summed E-state index contributed by atoms with van der Waals surface area (Å²) in [7, 11) is -0.526. The minimum Gasteiger partial charge on any atom is -0.494 e. The molecule has 0 atom stereocenters. The molecule has 1 aromatic heterocycles. The maximum absolute atomic E-state index is 13.5. The molecule has 0 aliphatic heterocycles. The largest absolute Gasteiger partial charge is 0.494 e. The molecular formula is C21H30FN3O3Si. The molecule has 0 spiro atoms. The van der Waals surface area contributed by atoms with E-state index in [1.54, 1.807) is 25.1 Å². The van der Waals surface area contributed by atoms with Crippen molar-refractivity contribution in [3.63, 3.8) is 0 Å². The summed E-state index contributed by atoms with van der Waals surface area (Å²) in [6.45, 7) is 13.2. The van der Waals surface area contributed by atoms with E-state index in [1.165, 1.54) is 13.2 Å². The fraction of sp³-hybridized carbons (Fsp3) is 0.476. The molecule has 1 aromatic carbocycles. The van der Waals surface area contributed by atoms with E-state index < -0.39 is 14.1 Å². The number of amides is 1. The minimum absolute atomic E-state index is 0.0888. The first-order valence-electron chi connectivity index (χ1n) is 9.52. The molecule has 1 N–H and O–H groups in total. The van der Waals surface area contributed by atoms with E-state index in [0.717, 1.165) is 5.56 Å². The second-order valence-corrected chi connectivity index (χ2v) is 13.3. The van der Waals surface area contributed by atoms with Gasteiger partial charge in [0, 0.05) is 6.54 Å². The van der Waals surface area contributed by atoms with E-state index >= 15 is 0 Å². The summed E-state index contributed by atoms with van der Waals surface area (Å²) in [5.41, 5.74) is 1.68. The van der Waals surface area contributed by atoms with Gasteiger partial charge in [0.2, 0.25) is 0 Å². The van der Waals surface area contributed by atoms with Crippen molar-refractivity contribution in [2.24, 2.45) is 0 Å². The highest BCUT2D eigenvalue weighted by atomic mass is 28.4. The van der Waals surface area contributed by atoms with Crippen LogP contribution in [0.5, 0.6) is 5.75 Å². The van der Waals surface area contributed by atoms with E-state index in [4.69, 9.17) is 9.16 Å². The molecular weight excluding hydrogens is 389 g/mol. The fourth-order valence-corrected chi connectivity index (χ4v) is 3.32. The smallest absolute Gasteiger partial charge is 0.270 e. The van der Waals surface area contributed by atoms with Gasteiger partial charge in [0.15, 0.2) is 19.9 Å². The van der Waals surface area contributed by atoms with Gasteiger partial charge in [0.1, 0.15) is 11.5 Å². The monoisotopic (exact) mass is 419 g/mol. The number of hydrogen-bond acceptors (Lipinski definition) is 5. The molecule has 0 saturated carbocycles. The van der Waals surface area contributed by atoms with Gasteiger partial charge in [0.25, 0.3) is 5.91 Å². The van der Waals surface area contributed by atoms with Crippen molar-refractivity contribution in [3.05, 3.63) is 52.9 Å². The lowest BCUT2D eigenvalue weighted by Gasteiger charge is -2.36. The number of ether oxygens (including phenoxy) is 1. The molecule has 0 saturated heterocycles. The maximum atomic E-state index is 13.5. The van der Waals surface area contributed by atoms with Crippen molar-refractivity contribution < 1.29 is 18.3 Å². The Morgan fingerprint density at radius 2 is 1.90 bits per heavy atom. The molecule has 8 heteroatoms. The number of aryl methyl sites for hydroxylation is 1. The molecule has 1 heterocycles. The van der Waals surface area contributed by atoms with Crippen LogP contribution in [0, 0.1) is 12.7 Å². The van der Waals surface area contributed by atoms with Gasteiger partial charge in [-0.1, -0.05) is 26.8 Å². The van der Waals surface area contributed by atoms with Crippen molar-refractivity contribution in [2.45, 2.75) is 59.0 Å². The van der Waals surface area contributed by atoms with Crippen molar-refractivity contribution in [1.82, 2.24) is 15.3 Å². The van der Waals surface area contributed by atoms with Gasteiger partial charge in [-0.05, 0) is 48.8 Å². The van der Waals surface area contributed by atoms with Crippen molar-refractivity contribution in [3.8, 4) is 5.75 Å². The van der Waals surface area contributed by atoms with Crippen LogP contribution >= 0.6 is 0 Å². The second-order valence-electron chi connectivity index (χ2n) is 8.49. The molecule has 29 heavy (non-hydrogen) atoms. The summed E-state index contributed by atoms with van der Waals surface area (Å²) in [6, 6.07) is 6.12. The van der Waals surface area contributed by atoms with E-state index in [1.807, 2.05) is 0 Å². The van der Waals surface area contributed by atoms with Crippen LogP contribution in [0.1, 0.15) is 48.3 Å². The van der Waals surface area contributed by atoms with Gasteiger partial charge in [-0.3, -0.25) is 4.79 Å². The Kier molecular flexibility index (Phi) is 7.13. The van der Waals surface area contributed by atoms with Gasteiger partial charge in [-0.15, -0.1) is 0 Å². The lowest BCUT2D eigenvalue weighted by Crippen LogP contribution is -2.40. The van der Waals surface area contributed by atoms with Crippen LogP contribution in [-0.4, -0.2) is 31.3 Å². The normalized spacial score (nSPS) is 12.0. The highest BCUT2D eigenvalue weighted by Crippen LogP contribution is 2.37. The van der Waals surface area contributed by atoms with Crippen molar-refractivity contribution in [2.75, 3.05) is 7.11 Å². The van der Waals surface area contributed by atoms with Gasteiger partial charge in [-0.25, -0.2) is 14.4 Å². The minimum atomic E-state index is -1.93. The highest BCUT2D eigenvalue weighted by Gasteiger charge is 2.37. The van der Waals surface area contributed by atoms with E-state index in [-0.39, 0.29) is 28.9 Å². The lowest BCUT2D eigenvalue weighted by atomic mass is 10.2. The summed E-state index contributed by atoms with van der Waals surface area (Å²) in [4.78, 5) is 21.2. The first kappa shape index (κ1) is 23.0. The zero-order chi connectivity index (χ0) is 21.8. The number of hydrogen-bond donors (Lipinski definition) is 1. The summed E-state index contributed by atoms with van der Waals surface area (Å²) < 4.78 is 24.7. The fourth-order valence-electron chi connectivity index (χ4n) is 2.38. The third-order valence-electron chi connectivity index (χ3n) is 5.18. The molecule has 2 aromatic rings. The molecule has 0 fully saturated rings. The first-order chi connectivity index (χ1) is 13.4. The Morgan fingerprint density at radius 1 is 1.21 bits per heavy atom. The zero-order valence-corrected chi connectivity index (χ0v) is 19.2. The summed E-state index contributed by atoms with van der Waals surface area (Å²) >= 11 is 0. The topological polar surface area (TPSA) is 73.3 Å². The molecule has 0 radical (unpaired) electrons. The Bertz CT molecular complexity index is 882. The standard InChI is InChI=1S/C21H30FN3O3Si/c1-14-24-16(13-28-29(6,7)21(2,3)4)11-18(25-14)20(26)23-12-15-8-9-17(22)19(10-15)27-5/h8-11H,12-13H2,1-7H3,(H,23,26). The average molecular weight is 420 g/mol. The van der Waals surface area contributed by atoms with E-state index in [2.05, 4.69) is 49.1 Å². The van der Waals surface area contributed by atoms with E-state index in [9.17, 15) is 9.18 Å². The number of carbonyl (C=O) groups excluding carboxylic acids is 1. The van der Waals surface area contributed by atoms with E-state index in [0.29, 0.717) is 18.1 Å². The third-order valence-corrected chi connectivity index (χ3v) is 9.66. The lowest BCUT2D eigenvalue weighted by molar-refractivity contribution is 0.0945. The number of carbonyl (C=O) groups is 1. The molecule has 0 aliphatic carbocycles. The Hall–Kier alpha value is -2.32. The summed E-state index contributed by atoms with van der Waals surface area (Å²) in [5, 5.41) is 2.89. The third kappa shape index (κ3) is 6.07. The Balaban J connectivity index is 2.07. The van der Waals surface area contributed by atoms with Crippen LogP contribution < -0.4 is 10.1 Å². The zero-order valence-electron chi connectivity index (χ0n) is 18.2. The molecule has 1 amide bonds. The van der Waals surface area contributed by atoms with Gasteiger partial charge in [0.05, 0.1) is 19.4 Å². The highest BCUT2D eigenvalue weighted by molar-refractivity contribution is 6.74. The van der Waals surface area contributed by atoms with Gasteiger partial charge >= 0.3 is 0 Å². The first-order valence-corrected chi connectivity index (χ1v) is 12.4. The van der Waals surface area contributed by atoms with Crippen molar-refractivity contribution >= 4 is 14.2 Å². The molecule has 158 valence electrons. The maximum Gasteiger partial charge on any atom is 0.270 e. The van der Waals surface area contributed by atoms with Crippen LogP contribution in [0.4, 0.5) is 4.39 Å². The summed E-state index contributed by atoms with van der Waals surface area (Å²) in [5.74, 6) is -0.123. The van der Waals surface area contributed by atoms with Gasteiger partial charge < -0.3 is 14.5 Å². The number of nitrogens with one attached hydrogen (secondary N) is 1. The average Bonchev–Trinajstić information content (AvgIpc) is 2.64. The number of aromatic nitrogens is 2. The molecule has 6 nitrogen and oxygen atoms in total. The van der Waals surface area contributed by atoms with Crippen LogP contribution in [0.3, 0.4) is 0 Å². The van der Waals surface area contributed by atoms with Gasteiger partial charge in [-0.2, -0.15) is 0 Å². The molecule has 0 aliphatic rings.